The van der Waals surface area contributed by atoms with Crippen LogP contribution in [0.15, 0.2) is 12.1 Å². The average Bonchev–Trinajstić information content (AvgIpc) is 2.43. The maximum Gasteiger partial charge on any atom is 0.255 e. The lowest BCUT2D eigenvalue weighted by atomic mass is 9.95. The molecule has 0 saturated carbocycles. The second kappa shape index (κ2) is 5.81. The van der Waals surface area contributed by atoms with Crippen LogP contribution in [0, 0.1) is 0 Å². The molecule has 126 valence electrons. The zero-order valence-electron chi connectivity index (χ0n) is 12.2. The Morgan fingerprint density at radius 2 is 2.04 bits per heavy atom. The van der Waals surface area contributed by atoms with Crippen molar-refractivity contribution in [3.8, 4) is 5.75 Å². The first-order valence-corrected chi connectivity index (χ1v) is 9.56. The van der Waals surface area contributed by atoms with Gasteiger partial charge in [0.15, 0.2) is 9.84 Å². The van der Waals surface area contributed by atoms with Gasteiger partial charge in [-0.05, 0) is 18.6 Å². The number of amides is 1. The van der Waals surface area contributed by atoms with Crippen molar-refractivity contribution < 1.29 is 18.3 Å². The fourth-order valence-electron chi connectivity index (χ4n) is 3.00. The van der Waals surface area contributed by atoms with Crippen LogP contribution < -0.4 is 5.32 Å². The number of carbonyl (C=O) groups is 1. The monoisotopic (exact) mass is 378 g/mol. The van der Waals surface area contributed by atoms with Crippen LogP contribution >= 0.6 is 23.2 Å². The maximum atomic E-state index is 12.1. The van der Waals surface area contributed by atoms with Gasteiger partial charge < -0.3 is 10.4 Å². The number of hydrogen-bond acceptors (Lipinski definition) is 5. The van der Waals surface area contributed by atoms with E-state index in [0.29, 0.717) is 26.2 Å². The van der Waals surface area contributed by atoms with E-state index < -0.39 is 20.5 Å². The van der Waals surface area contributed by atoms with Crippen molar-refractivity contribution >= 4 is 38.9 Å². The second-order valence-electron chi connectivity index (χ2n) is 6.00. The molecule has 0 aliphatic carbocycles. The number of nitrogens with zero attached hydrogens (tertiary/aromatic N) is 1. The minimum Gasteiger partial charge on any atom is -0.506 e. The van der Waals surface area contributed by atoms with Gasteiger partial charge in [-0.15, -0.1) is 0 Å². The zero-order chi connectivity index (χ0) is 16.8. The number of nitrogens with one attached hydrogen (secondary N) is 1. The van der Waals surface area contributed by atoms with Crippen LogP contribution in [0.1, 0.15) is 16.8 Å². The lowest BCUT2D eigenvalue weighted by Crippen LogP contribution is -2.72. The number of rotatable bonds is 4. The number of likely N-dealkylation sites (tertiary alicyclic amines) is 1. The van der Waals surface area contributed by atoms with Gasteiger partial charge in [-0.3, -0.25) is 9.69 Å². The smallest absolute Gasteiger partial charge is 0.255 e. The topological polar surface area (TPSA) is 86.7 Å². The van der Waals surface area contributed by atoms with Gasteiger partial charge in [0.05, 0.1) is 21.1 Å². The van der Waals surface area contributed by atoms with E-state index in [2.05, 4.69) is 5.32 Å². The number of aromatic hydroxyl groups is 1. The fourth-order valence-corrected chi connectivity index (χ4v) is 5.37. The second-order valence-corrected chi connectivity index (χ2v) is 9.35. The summed E-state index contributed by atoms with van der Waals surface area (Å²) < 4.78 is 22.8. The van der Waals surface area contributed by atoms with E-state index in [1.807, 2.05) is 4.90 Å². The number of carbonyl (C=O) groups excluding carboxylic acids is 1. The van der Waals surface area contributed by atoms with Gasteiger partial charge in [-0.2, -0.15) is 0 Å². The first-order chi connectivity index (χ1) is 10.7. The number of hydrogen-bond donors (Lipinski definition) is 2. The molecule has 1 aromatic carbocycles. The van der Waals surface area contributed by atoms with Crippen LogP contribution in [-0.4, -0.2) is 61.0 Å². The van der Waals surface area contributed by atoms with E-state index in [9.17, 15) is 18.3 Å². The third-order valence-corrected chi connectivity index (χ3v) is 7.53. The summed E-state index contributed by atoms with van der Waals surface area (Å²) >= 11 is 11.6. The Morgan fingerprint density at radius 1 is 1.35 bits per heavy atom. The van der Waals surface area contributed by atoms with Gasteiger partial charge in [-0.1, -0.05) is 23.2 Å². The standard InChI is InChI=1S/C14H16Cl2N2O4S/c15-9-5-10(12(19)11(16)6-9)13(20)17-2-3-18-7-14(8-18)1-4-23(14,21)22/h5-6,19H,1-4,7-8H2,(H,17,20). The highest BCUT2D eigenvalue weighted by atomic mass is 35.5. The average molecular weight is 379 g/mol. The molecule has 2 N–H and O–H groups in total. The lowest BCUT2D eigenvalue weighted by Gasteiger charge is -2.54. The Hall–Kier alpha value is -1.02. The van der Waals surface area contributed by atoms with E-state index in [1.54, 1.807) is 0 Å². The first kappa shape index (κ1) is 16.8. The van der Waals surface area contributed by atoms with E-state index in [0.717, 1.165) is 6.42 Å². The molecule has 2 aliphatic rings. The molecular weight excluding hydrogens is 363 g/mol. The van der Waals surface area contributed by atoms with Crippen molar-refractivity contribution in [2.45, 2.75) is 11.2 Å². The Bertz CT molecular complexity index is 760. The first-order valence-electron chi connectivity index (χ1n) is 7.15. The number of sulfone groups is 1. The minimum atomic E-state index is -2.91. The van der Waals surface area contributed by atoms with Crippen molar-refractivity contribution in [2.75, 3.05) is 31.9 Å². The summed E-state index contributed by atoms with van der Waals surface area (Å²) in [6, 6.07) is 2.70. The van der Waals surface area contributed by atoms with Gasteiger partial charge in [0.1, 0.15) is 5.75 Å². The molecule has 0 bridgehead atoms. The lowest BCUT2D eigenvalue weighted by molar-refractivity contribution is 0.0895. The van der Waals surface area contributed by atoms with Crippen LogP contribution in [0.25, 0.3) is 0 Å². The Kier molecular flexibility index (Phi) is 4.25. The van der Waals surface area contributed by atoms with Gasteiger partial charge >= 0.3 is 0 Å². The molecule has 0 aromatic heterocycles. The van der Waals surface area contributed by atoms with Crippen LogP contribution in [0.4, 0.5) is 0 Å². The Labute approximate surface area is 144 Å². The van der Waals surface area contributed by atoms with Crippen molar-refractivity contribution in [3.05, 3.63) is 27.7 Å². The van der Waals surface area contributed by atoms with Crippen molar-refractivity contribution in [2.24, 2.45) is 0 Å². The molecule has 1 spiro atoms. The molecule has 9 heteroatoms. The summed E-state index contributed by atoms with van der Waals surface area (Å²) in [6.07, 6.45) is 0.729. The highest BCUT2D eigenvalue weighted by molar-refractivity contribution is 7.94. The molecule has 2 fully saturated rings. The van der Waals surface area contributed by atoms with Crippen LogP contribution in [0.2, 0.25) is 10.0 Å². The quantitative estimate of drug-likeness (QED) is 0.824. The van der Waals surface area contributed by atoms with Crippen molar-refractivity contribution in [1.29, 1.82) is 0 Å². The molecule has 1 amide bonds. The predicted octanol–water partition coefficient (Wildman–Crippen LogP) is 1.30. The van der Waals surface area contributed by atoms with E-state index in [1.165, 1.54) is 12.1 Å². The largest absolute Gasteiger partial charge is 0.506 e. The van der Waals surface area contributed by atoms with E-state index >= 15 is 0 Å². The van der Waals surface area contributed by atoms with Crippen LogP contribution in [-0.2, 0) is 9.84 Å². The van der Waals surface area contributed by atoms with Gasteiger partial charge in [-0.25, -0.2) is 8.42 Å². The molecular formula is C14H16Cl2N2O4S. The summed E-state index contributed by atoms with van der Waals surface area (Å²) in [6.45, 7) is 1.95. The summed E-state index contributed by atoms with van der Waals surface area (Å²) in [5.41, 5.74) is 0.0177. The molecule has 1 aromatic rings. The van der Waals surface area contributed by atoms with Crippen molar-refractivity contribution in [3.63, 3.8) is 0 Å². The molecule has 6 nitrogen and oxygen atoms in total. The van der Waals surface area contributed by atoms with E-state index in [4.69, 9.17) is 23.2 Å². The van der Waals surface area contributed by atoms with Gasteiger partial charge in [0.25, 0.3) is 5.91 Å². The SMILES string of the molecule is O=C(NCCN1CC2(CCS2(=O)=O)C1)c1cc(Cl)cc(Cl)c1O. The highest BCUT2D eigenvalue weighted by Gasteiger charge is 2.59. The normalized spacial score (nSPS) is 21.5. The molecule has 2 saturated heterocycles. The number of benzene rings is 1. The fraction of sp³-hybridized carbons (Fsp3) is 0.500. The predicted molar refractivity (Wildman–Crippen MR) is 88.0 cm³/mol. The molecule has 0 unspecified atom stereocenters. The van der Waals surface area contributed by atoms with Crippen molar-refractivity contribution in [1.82, 2.24) is 10.2 Å². The molecule has 0 radical (unpaired) electrons. The number of phenolic OH excluding ortho intramolecular Hbond substituents is 1. The molecule has 23 heavy (non-hydrogen) atoms. The Balaban J connectivity index is 1.50. The van der Waals surface area contributed by atoms with E-state index in [-0.39, 0.29) is 27.1 Å². The number of halogens is 2. The van der Waals surface area contributed by atoms with Crippen LogP contribution in [0.5, 0.6) is 5.75 Å². The highest BCUT2D eigenvalue weighted by Crippen LogP contribution is 2.41. The molecule has 2 aliphatic heterocycles. The zero-order valence-corrected chi connectivity index (χ0v) is 14.5. The number of phenols is 1. The summed E-state index contributed by atoms with van der Waals surface area (Å²) in [4.78, 5) is 14.0. The Morgan fingerprint density at radius 3 is 2.61 bits per heavy atom. The third kappa shape index (κ3) is 2.91. The summed E-state index contributed by atoms with van der Waals surface area (Å²) in [5.74, 6) is -0.498. The maximum absolute atomic E-state index is 12.1. The molecule has 0 atom stereocenters. The van der Waals surface area contributed by atoms with Crippen LogP contribution in [0.3, 0.4) is 0 Å². The third-order valence-electron chi connectivity index (χ3n) is 4.50. The van der Waals surface area contributed by atoms with Gasteiger partial charge in [0.2, 0.25) is 0 Å². The summed E-state index contributed by atoms with van der Waals surface area (Å²) in [5, 5.41) is 12.7. The summed E-state index contributed by atoms with van der Waals surface area (Å²) in [7, 11) is -2.91. The molecule has 3 rings (SSSR count). The van der Waals surface area contributed by atoms with Gasteiger partial charge in [0, 0.05) is 31.2 Å². The minimum absolute atomic E-state index is 0.0162. The molecule has 2 heterocycles.